The van der Waals surface area contributed by atoms with Gasteiger partial charge in [0, 0.05) is 17.6 Å². The Labute approximate surface area is 95.2 Å². The normalized spacial score (nSPS) is 14.5. The lowest BCUT2D eigenvalue weighted by atomic mass is 10.5. The number of hydrogen-bond donors (Lipinski definition) is 2. The Morgan fingerprint density at radius 2 is 2.38 bits per heavy atom. The maximum absolute atomic E-state index is 11.7. The lowest BCUT2D eigenvalue weighted by molar-refractivity contribution is -0.137. The zero-order chi connectivity index (χ0) is 11.5. The van der Waals surface area contributed by atoms with Crippen molar-refractivity contribution in [3.05, 3.63) is 6.20 Å². The van der Waals surface area contributed by atoms with Gasteiger partial charge in [0.25, 0.3) is 0 Å². The SMILES string of the molecule is O=C(O)CN(C(=O)Nc1cnns1)C1CC1. The first kappa shape index (κ1) is 10.8. The van der Waals surface area contributed by atoms with Crippen molar-refractivity contribution in [2.24, 2.45) is 0 Å². The molecule has 1 saturated carbocycles. The molecule has 0 aliphatic heterocycles. The molecule has 16 heavy (non-hydrogen) atoms. The van der Waals surface area contributed by atoms with Crippen LogP contribution in [0.25, 0.3) is 0 Å². The molecule has 8 heteroatoms. The van der Waals surface area contributed by atoms with Crippen LogP contribution < -0.4 is 5.32 Å². The molecule has 0 spiro atoms. The number of urea groups is 1. The second-order valence-corrected chi connectivity index (χ2v) is 4.25. The number of nitrogens with zero attached hydrogens (tertiary/aromatic N) is 3. The van der Waals surface area contributed by atoms with Crippen LogP contribution in [0.5, 0.6) is 0 Å². The van der Waals surface area contributed by atoms with Gasteiger partial charge in [-0.2, -0.15) is 0 Å². The van der Waals surface area contributed by atoms with E-state index in [-0.39, 0.29) is 12.6 Å². The van der Waals surface area contributed by atoms with Gasteiger partial charge >= 0.3 is 12.0 Å². The molecule has 2 N–H and O–H groups in total. The van der Waals surface area contributed by atoms with Gasteiger partial charge in [-0.05, 0) is 12.8 Å². The number of rotatable bonds is 4. The van der Waals surface area contributed by atoms with E-state index in [1.54, 1.807) is 0 Å². The summed E-state index contributed by atoms with van der Waals surface area (Å²) in [5, 5.41) is 15.3. The number of anilines is 1. The van der Waals surface area contributed by atoms with E-state index in [2.05, 4.69) is 14.9 Å². The summed E-state index contributed by atoms with van der Waals surface area (Å²) in [6.07, 6.45) is 3.15. The monoisotopic (exact) mass is 242 g/mol. The number of carbonyl (C=O) groups is 2. The minimum Gasteiger partial charge on any atom is -0.480 e. The number of carboxylic acid groups (broad SMARTS) is 1. The van der Waals surface area contributed by atoms with Crippen molar-refractivity contribution < 1.29 is 14.7 Å². The number of hydrogen-bond acceptors (Lipinski definition) is 5. The summed E-state index contributed by atoms with van der Waals surface area (Å²) >= 11 is 1.05. The number of nitrogens with one attached hydrogen (secondary N) is 1. The van der Waals surface area contributed by atoms with Crippen LogP contribution in [-0.2, 0) is 4.79 Å². The summed E-state index contributed by atoms with van der Waals surface area (Å²) in [6.45, 7) is -0.275. The first-order chi connectivity index (χ1) is 7.66. The second kappa shape index (κ2) is 4.44. The molecule has 1 fully saturated rings. The van der Waals surface area contributed by atoms with Gasteiger partial charge in [-0.1, -0.05) is 4.49 Å². The lowest BCUT2D eigenvalue weighted by Gasteiger charge is -2.19. The van der Waals surface area contributed by atoms with Crippen molar-refractivity contribution in [2.45, 2.75) is 18.9 Å². The average molecular weight is 242 g/mol. The van der Waals surface area contributed by atoms with Crippen LogP contribution in [-0.4, -0.2) is 44.2 Å². The quantitative estimate of drug-likeness (QED) is 0.806. The minimum atomic E-state index is -1.01. The van der Waals surface area contributed by atoms with Crippen molar-refractivity contribution in [1.82, 2.24) is 14.5 Å². The van der Waals surface area contributed by atoms with Gasteiger partial charge in [0.15, 0.2) is 0 Å². The Morgan fingerprint density at radius 3 is 2.88 bits per heavy atom. The molecule has 86 valence electrons. The van der Waals surface area contributed by atoms with E-state index in [4.69, 9.17) is 5.11 Å². The molecule has 7 nitrogen and oxygen atoms in total. The highest BCUT2D eigenvalue weighted by atomic mass is 32.1. The van der Waals surface area contributed by atoms with Crippen molar-refractivity contribution >= 4 is 28.5 Å². The Kier molecular flexibility index (Phi) is 3.00. The third-order valence-electron chi connectivity index (χ3n) is 2.15. The predicted molar refractivity (Wildman–Crippen MR) is 56.3 cm³/mol. The smallest absolute Gasteiger partial charge is 0.323 e. The number of aliphatic carboxylic acids is 1. The number of amides is 2. The van der Waals surface area contributed by atoms with E-state index in [0.717, 1.165) is 24.4 Å². The Hall–Kier alpha value is -1.70. The Morgan fingerprint density at radius 1 is 1.62 bits per heavy atom. The molecule has 0 radical (unpaired) electrons. The van der Waals surface area contributed by atoms with Crippen LogP contribution >= 0.6 is 11.5 Å². The summed E-state index contributed by atoms with van der Waals surface area (Å²) < 4.78 is 3.60. The highest BCUT2D eigenvalue weighted by Gasteiger charge is 2.34. The summed E-state index contributed by atoms with van der Waals surface area (Å²) in [5.74, 6) is -1.01. The van der Waals surface area contributed by atoms with Gasteiger partial charge in [0.1, 0.15) is 11.5 Å². The highest BCUT2D eigenvalue weighted by molar-refractivity contribution is 7.10. The van der Waals surface area contributed by atoms with E-state index < -0.39 is 12.0 Å². The van der Waals surface area contributed by atoms with Gasteiger partial charge < -0.3 is 10.0 Å². The van der Waals surface area contributed by atoms with Crippen LogP contribution in [0.3, 0.4) is 0 Å². The van der Waals surface area contributed by atoms with Crippen molar-refractivity contribution in [1.29, 1.82) is 0 Å². The van der Waals surface area contributed by atoms with Gasteiger partial charge in [-0.3, -0.25) is 10.1 Å². The molecule has 0 unspecified atom stereocenters. The fraction of sp³-hybridized carbons (Fsp3) is 0.500. The van der Waals surface area contributed by atoms with Crippen LogP contribution in [0, 0.1) is 0 Å². The van der Waals surface area contributed by atoms with Crippen LogP contribution in [0.15, 0.2) is 6.20 Å². The van der Waals surface area contributed by atoms with Gasteiger partial charge in [0.2, 0.25) is 0 Å². The summed E-state index contributed by atoms with van der Waals surface area (Å²) in [7, 11) is 0. The van der Waals surface area contributed by atoms with Gasteiger partial charge in [-0.25, -0.2) is 4.79 Å². The topological polar surface area (TPSA) is 95.4 Å². The maximum Gasteiger partial charge on any atom is 0.323 e. The predicted octanol–water partition coefficient (Wildman–Crippen LogP) is 0.619. The first-order valence-corrected chi connectivity index (χ1v) is 5.51. The first-order valence-electron chi connectivity index (χ1n) is 4.73. The van der Waals surface area contributed by atoms with E-state index >= 15 is 0 Å². The van der Waals surface area contributed by atoms with Crippen molar-refractivity contribution in [3.63, 3.8) is 0 Å². The molecule has 1 aromatic heterocycles. The third kappa shape index (κ3) is 2.66. The Balaban J connectivity index is 1.97. The second-order valence-electron chi connectivity index (χ2n) is 3.46. The zero-order valence-corrected chi connectivity index (χ0v) is 9.11. The molecule has 0 atom stereocenters. The summed E-state index contributed by atoms with van der Waals surface area (Å²) in [6, 6.07) is -0.354. The average Bonchev–Trinajstić information content (AvgIpc) is 2.94. The number of carbonyl (C=O) groups excluding carboxylic acids is 1. The van der Waals surface area contributed by atoms with Crippen molar-refractivity contribution in [3.8, 4) is 0 Å². The van der Waals surface area contributed by atoms with Crippen molar-refractivity contribution in [2.75, 3.05) is 11.9 Å². The largest absolute Gasteiger partial charge is 0.480 e. The standard InChI is InChI=1S/C8H10N4O3S/c13-7(14)4-12(5-1-2-5)8(15)10-6-3-9-11-16-6/h3,5H,1-2,4H2,(H,10,15)(H,13,14). The molecule has 1 aromatic rings. The van der Waals surface area contributed by atoms with Crippen LogP contribution in [0.1, 0.15) is 12.8 Å². The van der Waals surface area contributed by atoms with E-state index in [0.29, 0.717) is 5.00 Å². The minimum absolute atomic E-state index is 0.0528. The third-order valence-corrected chi connectivity index (χ3v) is 2.73. The highest BCUT2D eigenvalue weighted by Crippen LogP contribution is 2.27. The zero-order valence-electron chi connectivity index (χ0n) is 8.29. The van der Waals surface area contributed by atoms with Gasteiger partial charge in [-0.15, -0.1) is 5.10 Å². The molecule has 0 bridgehead atoms. The molecular formula is C8H10N4O3S. The number of carboxylic acids is 1. The fourth-order valence-electron chi connectivity index (χ4n) is 1.30. The fourth-order valence-corrected chi connectivity index (χ4v) is 1.71. The number of aromatic nitrogens is 2. The molecule has 1 heterocycles. The molecule has 2 rings (SSSR count). The Bertz CT molecular complexity index is 390. The van der Waals surface area contributed by atoms with E-state index in [1.807, 2.05) is 0 Å². The van der Waals surface area contributed by atoms with E-state index in [9.17, 15) is 9.59 Å². The maximum atomic E-state index is 11.7. The molecule has 1 aliphatic carbocycles. The molecular weight excluding hydrogens is 232 g/mol. The van der Waals surface area contributed by atoms with E-state index in [1.165, 1.54) is 11.1 Å². The molecule has 1 aliphatic rings. The van der Waals surface area contributed by atoms with Gasteiger partial charge in [0.05, 0.1) is 6.20 Å². The molecule has 0 aromatic carbocycles. The summed E-state index contributed by atoms with van der Waals surface area (Å²) in [4.78, 5) is 23.7. The molecule has 0 saturated heterocycles. The summed E-state index contributed by atoms with van der Waals surface area (Å²) in [5.41, 5.74) is 0. The van der Waals surface area contributed by atoms with Crippen LogP contribution in [0.2, 0.25) is 0 Å². The lowest BCUT2D eigenvalue weighted by Crippen LogP contribution is -2.40. The van der Waals surface area contributed by atoms with Crippen LogP contribution in [0.4, 0.5) is 9.80 Å². The molecule has 2 amide bonds.